The molecule has 0 aliphatic carbocycles. The number of primary amides is 1. The number of fused-ring (bicyclic) bond motifs is 1. The van der Waals surface area contributed by atoms with Crippen LogP contribution in [-0.4, -0.2) is 50.8 Å². The lowest BCUT2D eigenvalue weighted by Gasteiger charge is -2.25. The van der Waals surface area contributed by atoms with Gasteiger partial charge in [-0.2, -0.15) is 0 Å². The number of hydrogen-bond acceptors (Lipinski definition) is 5. The molecule has 1 aliphatic heterocycles. The Kier molecular flexibility index (Phi) is 5.09. The van der Waals surface area contributed by atoms with Crippen molar-refractivity contribution in [2.24, 2.45) is 5.73 Å². The number of anilines is 1. The highest BCUT2D eigenvalue weighted by Gasteiger charge is 2.25. The summed E-state index contributed by atoms with van der Waals surface area (Å²) in [6.07, 6.45) is 4.13. The molecular weight excluding hydrogens is 382 g/mol. The van der Waals surface area contributed by atoms with Gasteiger partial charge < -0.3 is 21.7 Å². The molecule has 1 aliphatic rings. The smallest absolute Gasteiger partial charge is 0.315 e. The Morgan fingerprint density at radius 1 is 1.23 bits per heavy atom. The summed E-state index contributed by atoms with van der Waals surface area (Å²) in [5.41, 5.74) is 15.8. The summed E-state index contributed by atoms with van der Waals surface area (Å²) in [5, 5.41) is 2.74. The summed E-state index contributed by atoms with van der Waals surface area (Å²) in [4.78, 5) is 34.8. The molecule has 0 saturated heterocycles. The first kappa shape index (κ1) is 19.4. The number of hydrogen-bond donors (Lipinski definition) is 3. The highest BCUT2D eigenvalue weighted by atomic mass is 16.2. The van der Waals surface area contributed by atoms with Crippen LogP contribution in [-0.2, 0) is 0 Å². The van der Waals surface area contributed by atoms with Crippen LogP contribution >= 0.6 is 0 Å². The summed E-state index contributed by atoms with van der Waals surface area (Å²) in [6, 6.07) is 9.31. The van der Waals surface area contributed by atoms with E-state index in [2.05, 4.69) is 15.3 Å². The number of nitrogens with zero attached hydrogens (tertiary/aromatic N) is 4. The van der Waals surface area contributed by atoms with Gasteiger partial charge in [0.05, 0.1) is 5.69 Å². The number of amides is 3. The average molecular weight is 405 g/mol. The molecule has 0 radical (unpaired) electrons. The van der Waals surface area contributed by atoms with Gasteiger partial charge in [0, 0.05) is 30.8 Å². The second-order valence-corrected chi connectivity index (χ2v) is 7.00. The van der Waals surface area contributed by atoms with E-state index in [9.17, 15) is 9.59 Å². The number of nitrogen functional groups attached to an aromatic ring is 1. The minimum absolute atomic E-state index is 0.167. The van der Waals surface area contributed by atoms with Crippen molar-refractivity contribution in [1.82, 2.24) is 24.6 Å². The van der Waals surface area contributed by atoms with E-state index in [4.69, 9.17) is 11.5 Å². The number of imidazole rings is 1. The van der Waals surface area contributed by atoms with Gasteiger partial charge in [-0.1, -0.05) is 36.4 Å². The molecule has 1 aromatic carbocycles. The largest absolute Gasteiger partial charge is 0.383 e. The van der Waals surface area contributed by atoms with Gasteiger partial charge in [0.15, 0.2) is 5.69 Å². The van der Waals surface area contributed by atoms with Crippen LogP contribution in [0.1, 0.15) is 29.4 Å². The fourth-order valence-corrected chi connectivity index (χ4v) is 3.64. The maximum absolute atomic E-state index is 12.4. The van der Waals surface area contributed by atoms with E-state index in [1.165, 1.54) is 0 Å². The molecule has 9 nitrogen and oxygen atoms in total. The number of carbonyl (C=O) groups is 2. The van der Waals surface area contributed by atoms with Gasteiger partial charge in [-0.3, -0.25) is 9.20 Å². The summed E-state index contributed by atoms with van der Waals surface area (Å²) >= 11 is 0. The van der Waals surface area contributed by atoms with E-state index in [1.807, 2.05) is 43.3 Å². The Balaban J connectivity index is 1.93. The number of aromatic nitrogens is 3. The van der Waals surface area contributed by atoms with E-state index in [0.29, 0.717) is 31.7 Å². The topological polar surface area (TPSA) is 132 Å². The second kappa shape index (κ2) is 7.86. The van der Waals surface area contributed by atoms with Gasteiger partial charge in [-0.05, 0) is 18.9 Å². The van der Waals surface area contributed by atoms with Gasteiger partial charge in [0.25, 0.3) is 5.91 Å². The summed E-state index contributed by atoms with van der Waals surface area (Å²) in [5.74, 6) is -0.0945. The zero-order chi connectivity index (χ0) is 21.3. The second-order valence-electron chi connectivity index (χ2n) is 7.00. The zero-order valence-corrected chi connectivity index (χ0v) is 16.6. The van der Waals surface area contributed by atoms with Crippen molar-refractivity contribution in [3.8, 4) is 11.3 Å². The SMILES string of the molecule is CCNC(=O)c1nc2c(C3=CCN(C(N)=O)CC3)c(-c3ccccc3)ncn2c1N. The van der Waals surface area contributed by atoms with Crippen LogP contribution in [0.5, 0.6) is 0 Å². The van der Waals surface area contributed by atoms with E-state index >= 15 is 0 Å². The first-order valence-electron chi connectivity index (χ1n) is 9.75. The highest BCUT2D eigenvalue weighted by Crippen LogP contribution is 2.34. The number of nitrogens with one attached hydrogen (secondary N) is 1. The maximum atomic E-state index is 12.4. The molecular formula is C21H23N7O2. The van der Waals surface area contributed by atoms with Crippen molar-refractivity contribution in [2.45, 2.75) is 13.3 Å². The average Bonchev–Trinajstić information content (AvgIpc) is 3.10. The Bertz CT molecular complexity index is 1150. The first-order valence-corrected chi connectivity index (χ1v) is 9.75. The quantitative estimate of drug-likeness (QED) is 0.610. The number of benzene rings is 1. The van der Waals surface area contributed by atoms with Gasteiger partial charge in [0.1, 0.15) is 17.8 Å². The molecule has 3 heterocycles. The van der Waals surface area contributed by atoms with E-state index in [-0.39, 0.29) is 17.4 Å². The number of urea groups is 1. The Labute approximate surface area is 173 Å². The minimum atomic E-state index is -0.450. The predicted molar refractivity (Wildman–Crippen MR) is 115 cm³/mol. The number of carbonyl (C=O) groups excluding carboxylic acids is 2. The predicted octanol–water partition coefficient (Wildman–Crippen LogP) is 1.90. The molecule has 0 saturated carbocycles. The van der Waals surface area contributed by atoms with E-state index in [0.717, 1.165) is 22.4 Å². The number of nitrogens with two attached hydrogens (primary N) is 2. The van der Waals surface area contributed by atoms with Gasteiger partial charge in [-0.15, -0.1) is 0 Å². The minimum Gasteiger partial charge on any atom is -0.383 e. The van der Waals surface area contributed by atoms with Crippen molar-refractivity contribution < 1.29 is 9.59 Å². The molecule has 0 bridgehead atoms. The molecule has 9 heteroatoms. The molecule has 30 heavy (non-hydrogen) atoms. The van der Waals surface area contributed by atoms with E-state index < -0.39 is 6.03 Å². The van der Waals surface area contributed by atoms with Crippen molar-refractivity contribution in [1.29, 1.82) is 0 Å². The molecule has 3 amide bonds. The van der Waals surface area contributed by atoms with Crippen LogP contribution in [0.4, 0.5) is 10.6 Å². The normalized spacial score (nSPS) is 13.9. The first-order chi connectivity index (χ1) is 14.5. The van der Waals surface area contributed by atoms with Crippen LogP contribution in [0.25, 0.3) is 22.5 Å². The lowest BCUT2D eigenvalue weighted by molar-refractivity contribution is 0.0952. The van der Waals surface area contributed by atoms with Crippen LogP contribution in [0.2, 0.25) is 0 Å². The van der Waals surface area contributed by atoms with Gasteiger partial charge in [0.2, 0.25) is 0 Å². The summed E-state index contributed by atoms with van der Waals surface area (Å²) in [6.45, 7) is 3.21. The van der Waals surface area contributed by atoms with Crippen molar-refractivity contribution in [2.75, 3.05) is 25.4 Å². The third-order valence-electron chi connectivity index (χ3n) is 5.15. The number of rotatable bonds is 4. The molecule has 3 aromatic rings. The summed E-state index contributed by atoms with van der Waals surface area (Å²) < 4.78 is 1.63. The zero-order valence-electron chi connectivity index (χ0n) is 16.6. The molecule has 4 rings (SSSR count). The molecule has 0 unspecified atom stereocenters. The lowest BCUT2D eigenvalue weighted by Crippen LogP contribution is -2.38. The third kappa shape index (κ3) is 3.34. The Morgan fingerprint density at radius 3 is 2.63 bits per heavy atom. The van der Waals surface area contributed by atoms with Crippen LogP contribution < -0.4 is 16.8 Å². The third-order valence-corrected chi connectivity index (χ3v) is 5.15. The summed E-state index contributed by atoms with van der Waals surface area (Å²) in [7, 11) is 0. The molecule has 154 valence electrons. The highest BCUT2D eigenvalue weighted by molar-refractivity contribution is 5.99. The van der Waals surface area contributed by atoms with Crippen LogP contribution in [0.3, 0.4) is 0 Å². The Morgan fingerprint density at radius 2 is 2.00 bits per heavy atom. The molecule has 0 spiro atoms. The lowest BCUT2D eigenvalue weighted by atomic mass is 9.95. The van der Waals surface area contributed by atoms with Gasteiger partial charge >= 0.3 is 6.03 Å². The standard InChI is InChI=1S/C21H23N7O2/c1-2-24-20(29)17-18(22)28-12-25-16(14-6-4-3-5-7-14)15(19(28)26-17)13-8-10-27(11-9-13)21(23)30/h3-8,12H,2,9-11,22H2,1H3,(H2,23,30)(H,24,29). The van der Waals surface area contributed by atoms with Gasteiger partial charge in [-0.25, -0.2) is 14.8 Å². The molecule has 0 fully saturated rings. The van der Waals surface area contributed by atoms with Crippen molar-refractivity contribution >= 4 is 29.0 Å². The molecule has 5 N–H and O–H groups in total. The van der Waals surface area contributed by atoms with Crippen molar-refractivity contribution in [3.05, 3.63) is 54.0 Å². The van der Waals surface area contributed by atoms with E-state index in [1.54, 1.807) is 15.6 Å². The molecule has 0 atom stereocenters. The van der Waals surface area contributed by atoms with Crippen molar-refractivity contribution in [3.63, 3.8) is 0 Å². The van der Waals surface area contributed by atoms with Crippen LogP contribution in [0.15, 0.2) is 42.7 Å². The maximum Gasteiger partial charge on any atom is 0.315 e. The van der Waals surface area contributed by atoms with Crippen LogP contribution in [0, 0.1) is 0 Å². The molecule has 2 aromatic heterocycles. The fourth-order valence-electron chi connectivity index (χ4n) is 3.64. The Hall–Kier alpha value is -3.88. The fraction of sp³-hybridized carbons (Fsp3) is 0.238. The monoisotopic (exact) mass is 405 g/mol.